The van der Waals surface area contributed by atoms with Crippen molar-refractivity contribution in [3.05, 3.63) is 0 Å². The lowest BCUT2D eigenvalue weighted by Gasteiger charge is -2.18. The van der Waals surface area contributed by atoms with Crippen LogP contribution < -0.4 is 10.6 Å². The fourth-order valence-electron chi connectivity index (χ4n) is 1.97. The topological polar surface area (TPSA) is 41.1 Å². The van der Waals surface area contributed by atoms with Gasteiger partial charge in [0.2, 0.25) is 5.91 Å². The number of rotatable bonds is 3. The summed E-state index contributed by atoms with van der Waals surface area (Å²) in [6, 6.07) is 0.0871. The Bertz CT molecular complexity index is 205. The van der Waals surface area contributed by atoms with E-state index in [0.29, 0.717) is 0 Å². The third kappa shape index (κ3) is 1.85. The average Bonchev–Trinajstić information content (AvgIpc) is 2.69. The molecular formula is C10H18N2O. The molecule has 1 amide bonds. The van der Waals surface area contributed by atoms with Gasteiger partial charge in [0.05, 0.1) is 6.04 Å². The van der Waals surface area contributed by atoms with Crippen molar-refractivity contribution >= 4 is 5.91 Å². The lowest BCUT2D eigenvalue weighted by atomic mass is 10.1. The zero-order valence-electron chi connectivity index (χ0n) is 8.23. The average molecular weight is 182 g/mol. The Morgan fingerprint density at radius 2 is 2.38 bits per heavy atom. The van der Waals surface area contributed by atoms with Crippen LogP contribution in [0, 0.1) is 0 Å². The summed E-state index contributed by atoms with van der Waals surface area (Å²) < 4.78 is 0. The van der Waals surface area contributed by atoms with Gasteiger partial charge in [-0.3, -0.25) is 4.79 Å². The van der Waals surface area contributed by atoms with E-state index in [4.69, 9.17) is 0 Å². The molecule has 0 spiro atoms. The molecule has 0 aromatic carbocycles. The molecule has 2 rings (SSSR count). The van der Waals surface area contributed by atoms with Crippen LogP contribution in [0.4, 0.5) is 0 Å². The highest BCUT2D eigenvalue weighted by molar-refractivity contribution is 5.83. The minimum absolute atomic E-state index is 0.0871. The molecule has 0 unspecified atom stereocenters. The quantitative estimate of drug-likeness (QED) is 0.677. The largest absolute Gasteiger partial charge is 0.349 e. The first-order valence-corrected chi connectivity index (χ1v) is 5.31. The van der Waals surface area contributed by atoms with Gasteiger partial charge in [-0.1, -0.05) is 6.92 Å². The number of carbonyl (C=O) groups is 1. The standard InChI is InChI=1S/C10H18N2O/c1-2-10(5-6-10)12-9(13)8-4-3-7-11-8/h8,11H,2-7H2,1H3,(H,12,13)/t8-/m0/s1. The summed E-state index contributed by atoms with van der Waals surface area (Å²) in [5.41, 5.74) is 0.182. The smallest absolute Gasteiger partial charge is 0.237 e. The Balaban J connectivity index is 1.84. The lowest BCUT2D eigenvalue weighted by molar-refractivity contribution is -0.123. The van der Waals surface area contributed by atoms with Crippen molar-refractivity contribution in [3.63, 3.8) is 0 Å². The van der Waals surface area contributed by atoms with Crippen LogP contribution in [0.15, 0.2) is 0 Å². The van der Waals surface area contributed by atoms with Crippen LogP contribution in [-0.4, -0.2) is 24.0 Å². The van der Waals surface area contributed by atoms with Gasteiger partial charge in [-0.15, -0.1) is 0 Å². The maximum Gasteiger partial charge on any atom is 0.237 e. The van der Waals surface area contributed by atoms with E-state index in [9.17, 15) is 4.79 Å². The molecule has 2 N–H and O–H groups in total. The second-order valence-electron chi connectivity index (χ2n) is 4.27. The Morgan fingerprint density at radius 1 is 1.62 bits per heavy atom. The SMILES string of the molecule is CCC1(NC(=O)[C@@H]2CCCN2)CC1. The van der Waals surface area contributed by atoms with Crippen LogP contribution in [0.3, 0.4) is 0 Å². The molecule has 2 aliphatic rings. The summed E-state index contributed by atoms with van der Waals surface area (Å²) in [6.45, 7) is 3.15. The maximum absolute atomic E-state index is 11.7. The van der Waals surface area contributed by atoms with E-state index >= 15 is 0 Å². The Labute approximate surface area is 79.3 Å². The van der Waals surface area contributed by atoms with Crippen molar-refractivity contribution in [2.75, 3.05) is 6.54 Å². The third-order valence-electron chi connectivity index (χ3n) is 3.30. The van der Waals surface area contributed by atoms with Crippen molar-refractivity contribution in [3.8, 4) is 0 Å². The monoisotopic (exact) mass is 182 g/mol. The fourth-order valence-corrected chi connectivity index (χ4v) is 1.97. The van der Waals surface area contributed by atoms with Crippen molar-refractivity contribution in [2.24, 2.45) is 0 Å². The summed E-state index contributed by atoms with van der Waals surface area (Å²) in [4.78, 5) is 11.7. The van der Waals surface area contributed by atoms with E-state index in [1.165, 1.54) is 12.8 Å². The van der Waals surface area contributed by atoms with Crippen molar-refractivity contribution in [1.82, 2.24) is 10.6 Å². The summed E-state index contributed by atoms with van der Waals surface area (Å²) >= 11 is 0. The van der Waals surface area contributed by atoms with Gasteiger partial charge >= 0.3 is 0 Å². The van der Waals surface area contributed by atoms with E-state index in [0.717, 1.165) is 25.8 Å². The molecule has 2 fully saturated rings. The van der Waals surface area contributed by atoms with Gasteiger partial charge in [0.1, 0.15) is 0 Å². The maximum atomic E-state index is 11.7. The minimum Gasteiger partial charge on any atom is -0.349 e. The van der Waals surface area contributed by atoms with Crippen molar-refractivity contribution in [2.45, 2.75) is 50.6 Å². The van der Waals surface area contributed by atoms with Gasteiger partial charge in [-0.25, -0.2) is 0 Å². The molecule has 1 heterocycles. The molecule has 1 aliphatic heterocycles. The molecule has 0 aromatic rings. The van der Waals surface area contributed by atoms with Crippen LogP contribution in [0.5, 0.6) is 0 Å². The summed E-state index contributed by atoms with van der Waals surface area (Å²) in [5, 5.41) is 6.38. The molecule has 3 heteroatoms. The van der Waals surface area contributed by atoms with Crippen LogP contribution in [0.2, 0.25) is 0 Å². The molecule has 1 saturated heterocycles. The number of nitrogens with one attached hydrogen (secondary N) is 2. The van der Waals surface area contributed by atoms with Crippen LogP contribution in [-0.2, 0) is 4.79 Å². The van der Waals surface area contributed by atoms with Crippen molar-refractivity contribution in [1.29, 1.82) is 0 Å². The molecule has 0 bridgehead atoms. The molecule has 74 valence electrons. The molecule has 0 radical (unpaired) electrons. The second kappa shape index (κ2) is 3.29. The van der Waals surface area contributed by atoms with E-state index < -0.39 is 0 Å². The predicted molar refractivity (Wildman–Crippen MR) is 51.4 cm³/mol. The molecule has 1 saturated carbocycles. The zero-order valence-corrected chi connectivity index (χ0v) is 8.23. The first-order valence-electron chi connectivity index (χ1n) is 5.31. The van der Waals surface area contributed by atoms with Crippen LogP contribution in [0.1, 0.15) is 39.0 Å². The Hall–Kier alpha value is -0.570. The zero-order chi connectivity index (χ0) is 9.31. The fraction of sp³-hybridized carbons (Fsp3) is 0.900. The number of amides is 1. The number of carbonyl (C=O) groups excluding carboxylic acids is 1. The lowest BCUT2D eigenvalue weighted by Crippen LogP contribution is -2.46. The summed E-state index contributed by atoms with van der Waals surface area (Å²) in [6.07, 6.45) is 5.55. The first kappa shape index (κ1) is 9.00. The summed E-state index contributed by atoms with van der Waals surface area (Å²) in [7, 11) is 0. The Morgan fingerprint density at radius 3 is 2.85 bits per heavy atom. The van der Waals surface area contributed by atoms with Crippen LogP contribution in [0.25, 0.3) is 0 Å². The van der Waals surface area contributed by atoms with E-state index in [1.54, 1.807) is 0 Å². The van der Waals surface area contributed by atoms with Gasteiger partial charge in [0, 0.05) is 5.54 Å². The van der Waals surface area contributed by atoms with Gasteiger partial charge in [-0.2, -0.15) is 0 Å². The molecule has 13 heavy (non-hydrogen) atoms. The van der Waals surface area contributed by atoms with Gasteiger partial charge in [-0.05, 0) is 38.6 Å². The molecule has 1 atom stereocenters. The van der Waals surface area contributed by atoms with Crippen molar-refractivity contribution < 1.29 is 4.79 Å². The molecule has 0 aromatic heterocycles. The van der Waals surface area contributed by atoms with E-state index in [2.05, 4.69) is 17.6 Å². The Kier molecular flexibility index (Phi) is 2.28. The molecule has 3 nitrogen and oxygen atoms in total. The van der Waals surface area contributed by atoms with Gasteiger partial charge < -0.3 is 10.6 Å². The van der Waals surface area contributed by atoms with Gasteiger partial charge in [0.15, 0.2) is 0 Å². The predicted octanol–water partition coefficient (Wildman–Crippen LogP) is 0.797. The minimum atomic E-state index is 0.0871. The number of hydrogen-bond acceptors (Lipinski definition) is 2. The van der Waals surface area contributed by atoms with Crippen LogP contribution >= 0.6 is 0 Å². The highest BCUT2D eigenvalue weighted by Crippen LogP contribution is 2.38. The van der Waals surface area contributed by atoms with Gasteiger partial charge in [0.25, 0.3) is 0 Å². The summed E-state index contributed by atoms with van der Waals surface area (Å²) in [5.74, 6) is 0.219. The highest BCUT2D eigenvalue weighted by atomic mass is 16.2. The molecule has 1 aliphatic carbocycles. The van der Waals surface area contributed by atoms with E-state index in [-0.39, 0.29) is 17.5 Å². The first-order chi connectivity index (χ1) is 6.26. The second-order valence-corrected chi connectivity index (χ2v) is 4.27. The number of hydrogen-bond donors (Lipinski definition) is 2. The highest BCUT2D eigenvalue weighted by Gasteiger charge is 2.43. The van der Waals surface area contributed by atoms with E-state index in [1.807, 2.05) is 0 Å². The third-order valence-corrected chi connectivity index (χ3v) is 3.30. The normalized spacial score (nSPS) is 30.1. The molecular weight excluding hydrogens is 164 g/mol.